The molecule has 0 unspecified atom stereocenters. The molecule has 1 aliphatic heterocycles. The third-order valence-corrected chi connectivity index (χ3v) is 3.25. The molecule has 0 saturated carbocycles. The lowest BCUT2D eigenvalue weighted by Gasteiger charge is -2.34. The van der Waals surface area contributed by atoms with Gasteiger partial charge in [-0.3, -0.25) is 15.0 Å². The Hall–Kier alpha value is -1.21. The molecule has 0 bridgehead atoms. The molecule has 1 atom stereocenters. The average molecular weight is 288 g/mol. The number of piperazine rings is 1. The maximum atomic E-state index is 10.6. The summed E-state index contributed by atoms with van der Waals surface area (Å²) in [5.74, 6) is 0. The van der Waals surface area contributed by atoms with E-state index in [4.69, 9.17) is 0 Å². The van der Waals surface area contributed by atoms with Crippen molar-refractivity contribution in [1.29, 1.82) is 0 Å². The normalized spacial score (nSPS) is 17.5. The number of non-ortho nitro benzene ring substituents is 1. The Morgan fingerprint density at radius 2 is 1.89 bits per heavy atom. The van der Waals surface area contributed by atoms with Crippen LogP contribution in [0.2, 0.25) is 0 Å². The zero-order chi connectivity index (χ0) is 13.0. The van der Waals surface area contributed by atoms with Crippen molar-refractivity contribution in [3.05, 3.63) is 39.9 Å². The number of nitrogens with one attached hydrogen (secondary N) is 1. The van der Waals surface area contributed by atoms with Crippen LogP contribution in [0.15, 0.2) is 24.3 Å². The van der Waals surface area contributed by atoms with Crippen LogP contribution in [0, 0.1) is 10.1 Å². The van der Waals surface area contributed by atoms with Crippen molar-refractivity contribution < 1.29 is 10.0 Å². The monoisotopic (exact) mass is 287 g/mol. The summed E-state index contributed by atoms with van der Waals surface area (Å²) in [7, 11) is 0. The molecule has 6 nitrogen and oxygen atoms in total. The first-order valence-electron chi connectivity index (χ1n) is 6.02. The Balaban J connectivity index is 0.00000180. The van der Waals surface area contributed by atoms with Crippen LogP contribution in [-0.4, -0.2) is 47.7 Å². The highest BCUT2D eigenvalue weighted by molar-refractivity contribution is 5.85. The van der Waals surface area contributed by atoms with E-state index in [9.17, 15) is 15.2 Å². The van der Waals surface area contributed by atoms with Gasteiger partial charge in [0.2, 0.25) is 0 Å². The number of aliphatic hydroxyl groups is 1. The van der Waals surface area contributed by atoms with E-state index in [0.29, 0.717) is 0 Å². The summed E-state index contributed by atoms with van der Waals surface area (Å²) in [5.41, 5.74) is 1.00. The molecule has 0 radical (unpaired) electrons. The van der Waals surface area contributed by atoms with Gasteiger partial charge in [-0.05, 0) is 5.56 Å². The van der Waals surface area contributed by atoms with E-state index >= 15 is 0 Å². The number of nitro groups is 1. The van der Waals surface area contributed by atoms with Crippen LogP contribution in [0.4, 0.5) is 5.69 Å². The molecule has 106 valence electrons. The van der Waals surface area contributed by atoms with Gasteiger partial charge in [0.05, 0.1) is 17.6 Å². The lowest BCUT2D eigenvalue weighted by atomic mass is 10.0. The minimum atomic E-state index is -0.414. The van der Waals surface area contributed by atoms with Crippen LogP contribution in [0.3, 0.4) is 0 Å². The van der Waals surface area contributed by atoms with Crippen molar-refractivity contribution in [1.82, 2.24) is 10.2 Å². The zero-order valence-corrected chi connectivity index (χ0v) is 11.3. The van der Waals surface area contributed by atoms with E-state index in [1.807, 2.05) is 0 Å². The van der Waals surface area contributed by atoms with Gasteiger partial charge in [-0.2, -0.15) is 0 Å². The highest BCUT2D eigenvalue weighted by atomic mass is 35.5. The number of hydrogen-bond acceptors (Lipinski definition) is 5. The highest BCUT2D eigenvalue weighted by Gasteiger charge is 2.21. The maximum absolute atomic E-state index is 10.6. The van der Waals surface area contributed by atoms with E-state index in [0.717, 1.165) is 31.7 Å². The molecule has 1 aromatic carbocycles. The molecular formula is C12H18ClN3O3. The van der Waals surface area contributed by atoms with Gasteiger partial charge < -0.3 is 10.4 Å². The number of nitrogens with zero attached hydrogens (tertiary/aromatic N) is 2. The van der Waals surface area contributed by atoms with Crippen LogP contribution in [0.1, 0.15) is 11.6 Å². The summed E-state index contributed by atoms with van der Waals surface area (Å²) in [6, 6.07) is 6.34. The fourth-order valence-corrected chi connectivity index (χ4v) is 2.24. The Morgan fingerprint density at radius 3 is 2.37 bits per heavy atom. The second-order valence-electron chi connectivity index (χ2n) is 4.33. The SMILES string of the molecule is Cl.O=[N+]([O-])c1ccc([C@@H](CO)N2CCNCC2)cc1. The zero-order valence-electron chi connectivity index (χ0n) is 10.5. The first-order chi connectivity index (χ1) is 8.72. The molecule has 2 N–H and O–H groups in total. The fourth-order valence-electron chi connectivity index (χ4n) is 2.24. The summed E-state index contributed by atoms with van der Waals surface area (Å²) in [6.07, 6.45) is 0. The molecule has 1 aromatic rings. The highest BCUT2D eigenvalue weighted by Crippen LogP contribution is 2.22. The van der Waals surface area contributed by atoms with Gasteiger partial charge in [0.15, 0.2) is 0 Å². The number of nitro benzene ring substituents is 1. The standard InChI is InChI=1S/C12H17N3O3.ClH/c16-9-12(14-7-5-13-6-8-14)10-1-3-11(4-2-10)15(17)18;/h1-4,12-13,16H,5-9H2;1H/t12-;/m1./s1. The summed E-state index contributed by atoms with van der Waals surface area (Å²) < 4.78 is 0. The average Bonchev–Trinajstić information content (AvgIpc) is 2.41. The van der Waals surface area contributed by atoms with Gasteiger partial charge in [-0.1, -0.05) is 12.1 Å². The molecule has 7 heteroatoms. The first kappa shape index (κ1) is 15.8. The molecule has 0 spiro atoms. The Labute approximate surface area is 118 Å². The van der Waals surface area contributed by atoms with Crippen LogP contribution < -0.4 is 5.32 Å². The Morgan fingerprint density at radius 1 is 1.32 bits per heavy atom. The molecule has 1 heterocycles. The number of halogens is 1. The van der Waals surface area contributed by atoms with Crippen molar-refractivity contribution in [3.8, 4) is 0 Å². The smallest absolute Gasteiger partial charge is 0.269 e. The van der Waals surface area contributed by atoms with Crippen LogP contribution in [0.25, 0.3) is 0 Å². The summed E-state index contributed by atoms with van der Waals surface area (Å²) >= 11 is 0. The van der Waals surface area contributed by atoms with Crippen molar-refractivity contribution in [2.45, 2.75) is 6.04 Å². The second-order valence-corrected chi connectivity index (χ2v) is 4.33. The molecule has 0 aromatic heterocycles. The molecule has 0 aliphatic carbocycles. The lowest BCUT2D eigenvalue weighted by molar-refractivity contribution is -0.384. The second kappa shape index (κ2) is 7.40. The first-order valence-corrected chi connectivity index (χ1v) is 6.02. The summed E-state index contributed by atoms with van der Waals surface area (Å²) in [5, 5.41) is 23.4. The Kier molecular flexibility index (Phi) is 6.17. The van der Waals surface area contributed by atoms with E-state index < -0.39 is 4.92 Å². The van der Waals surface area contributed by atoms with E-state index in [1.165, 1.54) is 12.1 Å². The molecule has 1 saturated heterocycles. The van der Waals surface area contributed by atoms with Gasteiger partial charge in [-0.15, -0.1) is 12.4 Å². The third-order valence-electron chi connectivity index (χ3n) is 3.25. The molecule has 2 rings (SSSR count). The van der Waals surface area contributed by atoms with Gasteiger partial charge in [0.25, 0.3) is 5.69 Å². The lowest BCUT2D eigenvalue weighted by Crippen LogP contribution is -2.46. The number of benzene rings is 1. The van der Waals surface area contributed by atoms with Crippen molar-refractivity contribution >= 4 is 18.1 Å². The van der Waals surface area contributed by atoms with Gasteiger partial charge in [0, 0.05) is 38.3 Å². The third kappa shape index (κ3) is 3.87. The summed E-state index contributed by atoms with van der Waals surface area (Å²) in [6.45, 7) is 3.59. The predicted molar refractivity (Wildman–Crippen MR) is 74.6 cm³/mol. The van der Waals surface area contributed by atoms with Crippen LogP contribution >= 0.6 is 12.4 Å². The summed E-state index contributed by atoms with van der Waals surface area (Å²) in [4.78, 5) is 12.4. The molecule has 1 aliphatic rings. The minimum absolute atomic E-state index is 0. The predicted octanol–water partition coefficient (Wildman–Crippen LogP) is 0.955. The van der Waals surface area contributed by atoms with Gasteiger partial charge >= 0.3 is 0 Å². The van der Waals surface area contributed by atoms with Crippen molar-refractivity contribution in [2.75, 3.05) is 32.8 Å². The van der Waals surface area contributed by atoms with Gasteiger partial charge in [0.1, 0.15) is 0 Å². The number of hydrogen-bond donors (Lipinski definition) is 2. The van der Waals surface area contributed by atoms with Crippen LogP contribution in [0.5, 0.6) is 0 Å². The fraction of sp³-hybridized carbons (Fsp3) is 0.500. The van der Waals surface area contributed by atoms with E-state index in [-0.39, 0.29) is 30.7 Å². The van der Waals surface area contributed by atoms with E-state index in [2.05, 4.69) is 10.2 Å². The molecule has 1 fully saturated rings. The van der Waals surface area contributed by atoms with Crippen molar-refractivity contribution in [3.63, 3.8) is 0 Å². The largest absolute Gasteiger partial charge is 0.394 e. The molecule has 19 heavy (non-hydrogen) atoms. The topological polar surface area (TPSA) is 78.6 Å². The van der Waals surface area contributed by atoms with E-state index in [1.54, 1.807) is 12.1 Å². The van der Waals surface area contributed by atoms with Gasteiger partial charge in [-0.25, -0.2) is 0 Å². The van der Waals surface area contributed by atoms with Crippen molar-refractivity contribution in [2.24, 2.45) is 0 Å². The quantitative estimate of drug-likeness (QED) is 0.637. The van der Waals surface area contributed by atoms with Crippen LogP contribution in [-0.2, 0) is 0 Å². The Bertz CT molecular complexity index is 407. The number of rotatable bonds is 4. The maximum Gasteiger partial charge on any atom is 0.269 e. The number of aliphatic hydroxyl groups excluding tert-OH is 1. The minimum Gasteiger partial charge on any atom is -0.394 e. The molecule has 0 amide bonds. The molecular weight excluding hydrogens is 270 g/mol.